The molecule has 0 saturated heterocycles. The lowest BCUT2D eigenvalue weighted by Crippen LogP contribution is -2.26. The molecule has 0 amide bonds. The predicted molar refractivity (Wildman–Crippen MR) is 119 cm³/mol. The molecule has 4 rings (SSSR count). The SMILES string of the molecule is C=C(/C=C\c1coc(=O)[nH]1)C1=CC(CC2CCC(Cc3ccc(Cl)cc3)CC2)NO1. The Morgan fingerprint density at radius 2 is 1.90 bits per heavy atom. The van der Waals surface area contributed by atoms with Gasteiger partial charge in [-0.1, -0.05) is 43.2 Å². The minimum atomic E-state index is -0.471. The summed E-state index contributed by atoms with van der Waals surface area (Å²) in [5.41, 5.74) is 5.84. The molecule has 0 bridgehead atoms. The first kappa shape index (κ1) is 20.8. The zero-order valence-electron chi connectivity index (χ0n) is 16.9. The molecule has 1 aromatic carbocycles. The Kier molecular flexibility index (Phi) is 6.60. The third kappa shape index (κ3) is 5.55. The highest BCUT2D eigenvalue weighted by Crippen LogP contribution is 2.34. The predicted octanol–water partition coefficient (Wildman–Crippen LogP) is 5.42. The molecule has 2 N–H and O–H groups in total. The summed E-state index contributed by atoms with van der Waals surface area (Å²) in [4.78, 5) is 19.2. The van der Waals surface area contributed by atoms with Crippen LogP contribution < -0.4 is 11.2 Å². The van der Waals surface area contributed by atoms with Crippen LogP contribution in [0.4, 0.5) is 0 Å². The number of hydrogen-bond acceptors (Lipinski definition) is 4. The van der Waals surface area contributed by atoms with E-state index in [4.69, 9.17) is 20.9 Å². The maximum atomic E-state index is 11.0. The van der Waals surface area contributed by atoms with Gasteiger partial charge < -0.3 is 9.25 Å². The van der Waals surface area contributed by atoms with E-state index in [9.17, 15) is 4.79 Å². The van der Waals surface area contributed by atoms with Crippen molar-refractivity contribution in [1.29, 1.82) is 0 Å². The number of H-pyrrole nitrogens is 1. The van der Waals surface area contributed by atoms with Crippen LogP contribution >= 0.6 is 11.6 Å². The monoisotopic (exact) mass is 426 g/mol. The van der Waals surface area contributed by atoms with E-state index < -0.39 is 5.76 Å². The Morgan fingerprint density at radius 1 is 1.17 bits per heavy atom. The Bertz CT molecular complexity index is 978. The van der Waals surface area contributed by atoms with Crippen LogP contribution in [0.1, 0.15) is 43.4 Å². The Labute approximate surface area is 181 Å². The van der Waals surface area contributed by atoms with Crippen LogP contribution in [0, 0.1) is 11.8 Å². The van der Waals surface area contributed by atoms with Gasteiger partial charge in [0.15, 0.2) is 5.76 Å². The highest BCUT2D eigenvalue weighted by molar-refractivity contribution is 6.30. The van der Waals surface area contributed by atoms with Gasteiger partial charge in [0.25, 0.3) is 0 Å². The Balaban J connectivity index is 1.23. The summed E-state index contributed by atoms with van der Waals surface area (Å²) in [6, 6.07) is 8.46. The molecule has 2 aromatic rings. The summed E-state index contributed by atoms with van der Waals surface area (Å²) in [6.45, 7) is 4.04. The van der Waals surface area contributed by atoms with Crippen LogP contribution in [0.3, 0.4) is 0 Å². The molecule has 1 aliphatic carbocycles. The lowest BCUT2D eigenvalue weighted by molar-refractivity contribution is 0.110. The van der Waals surface area contributed by atoms with Gasteiger partial charge in [-0.05, 0) is 73.4 Å². The molecule has 0 radical (unpaired) electrons. The number of aromatic amines is 1. The fourth-order valence-corrected chi connectivity index (χ4v) is 4.44. The Morgan fingerprint density at radius 3 is 2.60 bits per heavy atom. The van der Waals surface area contributed by atoms with Gasteiger partial charge in [0, 0.05) is 10.6 Å². The summed E-state index contributed by atoms with van der Waals surface area (Å²) in [5, 5.41) is 0.802. The van der Waals surface area contributed by atoms with E-state index in [1.807, 2.05) is 12.1 Å². The standard InChI is InChI=1S/C24H27ClN2O3/c1-16(2-11-21-15-29-24(28)26-21)23-14-22(27-30-23)13-19-5-3-17(4-6-19)12-18-7-9-20(25)10-8-18/h2,7-11,14-15,17,19,22,27H,1,3-6,12-13H2,(H,26,28)/b11-2-. The molecule has 1 fully saturated rings. The Hall–Kier alpha value is -2.50. The van der Waals surface area contributed by atoms with E-state index in [2.05, 4.69) is 35.3 Å². The van der Waals surface area contributed by atoms with Crippen LogP contribution in [-0.2, 0) is 11.3 Å². The van der Waals surface area contributed by atoms with Crippen LogP contribution in [0.15, 0.2) is 69.8 Å². The summed E-state index contributed by atoms with van der Waals surface area (Å²) < 4.78 is 4.71. The largest absolute Gasteiger partial charge is 0.416 e. The van der Waals surface area contributed by atoms with Gasteiger partial charge in [-0.2, -0.15) is 0 Å². The van der Waals surface area contributed by atoms with Gasteiger partial charge in [-0.3, -0.25) is 4.98 Å². The average Bonchev–Trinajstić information content (AvgIpc) is 3.38. The fraction of sp³-hybridized carbons (Fsp3) is 0.375. The molecule has 2 aliphatic rings. The van der Waals surface area contributed by atoms with Gasteiger partial charge in [0.1, 0.15) is 6.26 Å². The maximum Gasteiger partial charge on any atom is 0.416 e. The van der Waals surface area contributed by atoms with Crippen molar-refractivity contribution < 1.29 is 9.25 Å². The van der Waals surface area contributed by atoms with E-state index in [0.717, 1.165) is 35.1 Å². The molecular formula is C24H27ClN2O3. The number of hydroxylamine groups is 1. The van der Waals surface area contributed by atoms with Gasteiger partial charge >= 0.3 is 5.76 Å². The third-order valence-corrected chi connectivity index (χ3v) is 6.24. The molecule has 1 atom stereocenters. The number of benzene rings is 1. The average molecular weight is 427 g/mol. The number of rotatable bonds is 7. The lowest BCUT2D eigenvalue weighted by Gasteiger charge is -2.29. The van der Waals surface area contributed by atoms with E-state index in [-0.39, 0.29) is 6.04 Å². The zero-order chi connectivity index (χ0) is 20.9. The summed E-state index contributed by atoms with van der Waals surface area (Å²) in [5.74, 6) is 1.74. The van der Waals surface area contributed by atoms with Crippen LogP contribution in [0.5, 0.6) is 0 Å². The zero-order valence-corrected chi connectivity index (χ0v) is 17.7. The van der Waals surface area contributed by atoms with Gasteiger partial charge in [-0.25, -0.2) is 4.79 Å². The van der Waals surface area contributed by atoms with Crippen molar-refractivity contribution in [3.63, 3.8) is 0 Å². The van der Waals surface area contributed by atoms with E-state index in [1.54, 1.807) is 12.2 Å². The molecule has 158 valence electrons. The second kappa shape index (κ2) is 9.54. The van der Waals surface area contributed by atoms with E-state index >= 15 is 0 Å². The van der Waals surface area contributed by atoms with Gasteiger partial charge in [0.05, 0.1) is 11.7 Å². The summed E-state index contributed by atoms with van der Waals surface area (Å²) in [7, 11) is 0. The highest BCUT2D eigenvalue weighted by atomic mass is 35.5. The van der Waals surface area contributed by atoms with Crippen LogP contribution in [0.25, 0.3) is 6.08 Å². The molecule has 0 spiro atoms. The van der Waals surface area contributed by atoms with Crippen molar-refractivity contribution in [3.05, 3.63) is 87.4 Å². The van der Waals surface area contributed by atoms with Crippen molar-refractivity contribution in [3.8, 4) is 0 Å². The molecule has 1 aliphatic heterocycles. The quantitative estimate of drug-likeness (QED) is 0.580. The molecule has 5 nitrogen and oxygen atoms in total. The summed E-state index contributed by atoms with van der Waals surface area (Å²) >= 11 is 5.98. The minimum absolute atomic E-state index is 0.205. The van der Waals surface area contributed by atoms with E-state index in [1.165, 1.54) is 37.5 Å². The topological polar surface area (TPSA) is 67.3 Å². The number of allylic oxidation sites excluding steroid dienone is 1. The van der Waals surface area contributed by atoms with Crippen LogP contribution in [0.2, 0.25) is 5.02 Å². The highest BCUT2D eigenvalue weighted by Gasteiger charge is 2.26. The maximum absolute atomic E-state index is 11.0. The molecule has 1 unspecified atom stereocenters. The third-order valence-electron chi connectivity index (χ3n) is 5.98. The van der Waals surface area contributed by atoms with Crippen molar-refractivity contribution in [2.24, 2.45) is 11.8 Å². The molecule has 2 heterocycles. The smallest absolute Gasteiger partial charge is 0.416 e. The molecule has 1 saturated carbocycles. The minimum Gasteiger partial charge on any atom is -0.416 e. The van der Waals surface area contributed by atoms with Gasteiger partial charge in [0.2, 0.25) is 0 Å². The molecule has 1 aromatic heterocycles. The molecule has 30 heavy (non-hydrogen) atoms. The van der Waals surface area contributed by atoms with Gasteiger partial charge in [-0.15, -0.1) is 5.48 Å². The normalized spacial score (nSPS) is 24.0. The van der Waals surface area contributed by atoms with Crippen molar-refractivity contribution >= 4 is 17.7 Å². The lowest BCUT2D eigenvalue weighted by atomic mass is 9.77. The van der Waals surface area contributed by atoms with Crippen molar-refractivity contribution in [2.45, 2.75) is 44.6 Å². The number of halogens is 1. The number of hydrogen-bond donors (Lipinski definition) is 2. The van der Waals surface area contributed by atoms with Crippen LogP contribution in [-0.4, -0.2) is 11.0 Å². The second-order valence-corrected chi connectivity index (χ2v) is 8.71. The molecule has 6 heteroatoms. The van der Waals surface area contributed by atoms with Crippen molar-refractivity contribution in [2.75, 3.05) is 0 Å². The summed E-state index contributed by atoms with van der Waals surface area (Å²) in [6.07, 6.45) is 14.3. The first-order valence-corrected chi connectivity index (χ1v) is 10.9. The van der Waals surface area contributed by atoms with E-state index in [0.29, 0.717) is 11.6 Å². The van der Waals surface area contributed by atoms with Crippen molar-refractivity contribution in [1.82, 2.24) is 10.5 Å². The number of oxazole rings is 1. The number of nitrogens with one attached hydrogen (secondary N) is 2. The number of aromatic nitrogens is 1. The second-order valence-electron chi connectivity index (χ2n) is 8.27. The molecular weight excluding hydrogens is 400 g/mol. The first-order chi connectivity index (χ1) is 14.5. The fourth-order valence-electron chi connectivity index (χ4n) is 4.31. The first-order valence-electron chi connectivity index (χ1n) is 10.5.